The smallest absolute Gasteiger partial charge is 0.188 e. The van der Waals surface area contributed by atoms with Gasteiger partial charge in [0, 0.05) is 29.7 Å². The summed E-state index contributed by atoms with van der Waals surface area (Å²) in [7, 11) is 0. The van der Waals surface area contributed by atoms with Crippen molar-refractivity contribution in [3.63, 3.8) is 0 Å². The number of nitrogens with zero attached hydrogens (tertiary/aromatic N) is 4. The van der Waals surface area contributed by atoms with E-state index in [1.165, 1.54) is 12.8 Å². The van der Waals surface area contributed by atoms with Crippen LogP contribution in [-0.2, 0) is 12.3 Å². The van der Waals surface area contributed by atoms with Crippen molar-refractivity contribution < 1.29 is 0 Å². The lowest BCUT2D eigenvalue weighted by Crippen LogP contribution is -2.30. The van der Waals surface area contributed by atoms with Gasteiger partial charge in [-0.1, -0.05) is 11.8 Å². The number of thioether (sulfide) groups is 1. The molecule has 1 aliphatic carbocycles. The number of hydrogen-bond acceptors (Lipinski definition) is 5. The Morgan fingerprint density at radius 2 is 1.93 bits per heavy atom. The molecule has 0 bridgehead atoms. The zero-order chi connectivity index (χ0) is 19.7. The number of nitrogens with one attached hydrogen (secondary N) is 2. The molecule has 8 heteroatoms. The summed E-state index contributed by atoms with van der Waals surface area (Å²) in [6, 6.07) is 8.75. The lowest BCUT2D eigenvalue weighted by molar-refractivity contribution is 0.747. The SMILES string of the molecule is CCn1c(CSc2nc(C)cc(C)n2)nc2cc(NC(=S)NC3CC3)ccc21. The Morgan fingerprint density at radius 1 is 1.18 bits per heavy atom. The number of aryl methyl sites for hydroxylation is 3. The number of thiocarbonyl (C=S) groups is 1. The summed E-state index contributed by atoms with van der Waals surface area (Å²) in [5.41, 5.74) is 5.04. The van der Waals surface area contributed by atoms with Crippen molar-refractivity contribution in [1.82, 2.24) is 24.8 Å². The summed E-state index contributed by atoms with van der Waals surface area (Å²) in [4.78, 5) is 13.9. The lowest BCUT2D eigenvalue weighted by Gasteiger charge is -2.09. The summed E-state index contributed by atoms with van der Waals surface area (Å²) in [6.45, 7) is 7.01. The van der Waals surface area contributed by atoms with Gasteiger partial charge in [-0.2, -0.15) is 0 Å². The molecule has 2 N–H and O–H groups in total. The predicted molar refractivity (Wildman–Crippen MR) is 119 cm³/mol. The standard InChI is InChI=1S/C20H24N6S2/c1-4-26-17-8-7-15(24-19(27)23-14-5-6-14)10-16(17)25-18(26)11-28-20-21-12(2)9-13(3)22-20/h7-10,14H,4-6,11H2,1-3H3,(H2,23,24,27). The number of imidazole rings is 1. The Bertz CT molecular complexity index is 1000. The van der Waals surface area contributed by atoms with E-state index in [1.807, 2.05) is 19.9 Å². The highest BCUT2D eigenvalue weighted by molar-refractivity contribution is 7.98. The largest absolute Gasteiger partial charge is 0.360 e. The minimum absolute atomic E-state index is 0.541. The maximum Gasteiger partial charge on any atom is 0.188 e. The van der Waals surface area contributed by atoms with Crippen molar-refractivity contribution in [1.29, 1.82) is 0 Å². The van der Waals surface area contributed by atoms with Crippen molar-refractivity contribution in [3.05, 3.63) is 41.5 Å². The highest BCUT2D eigenvalue weighted by atomic mass is 32.2. The summed E-state index contributed by atoms with van der Waals surface area (Å²) < 4.78 is 2.25. The summed E-state index contributed by atoms with van der Waals surface area (Å²) in [6.07, 6.45) is 2.40. The van der Waals surface area contributed by atoms with E-state index < -0.39 is 0 Å². The van der Waals surface area contributed by atoms with E-state index >= 15 is 0 Å². The molecule has 0 amide bonds. The number of hydrogen-bond donors (Lipinski definition) is 2. The van der Waals surface area contributed by atoms with Crippen molar-refractivity contribution in [2.24, 2.45) is 0 Å². The fraction of sp³-hybridized carbons (Fsp3) is 0.400. The number of anilines is 1. The van der Waals surface area contributed by atoms with Crippen LogP contribution in [0.4, 0.5) is 5.69 Å². The number of rotatable bonds is 6. The van der Waals surface area contributed by atoms with Gasteiger partial charge < -0.3 is 15.2 Å². The number of fused-ring (bicyclic) bond motifs is 1. The molecule has 0 saturated heterocycles. The minimum atomic E-state index is 0.541. The average Bonchev–Trinajstić information content (AvgIpc) is 3.37. The molecule has 0 atom stereocenters. The van der Waals surface area contributed by atoms with Crippen molar-refractivity contribution in [2.75, 3.05) is 5.32 Å². The summed E-state index contributed by atoms with van der Waals surface area (Å²) in [5, 5.41) is 8.05. The molecule has 1 saturated carbocycles. The van der Waals surface area contributed by atoms with Gasteiger partial charge >= 0.3 is 0 Å². The van der Waals surface area contributed by atoms with Crippen LogP contribution < -0.4 is 10.6 Å². The molecule has 146 valence electrons. The molecule has 4 rings (SSSR count). The zero-order valence-corrected chi connectivity index (χ0v) is 18.0. The number of benzene rings is 1. The molecule has 0 radical (unpaired) electrons. The highest BCUT2D eigenvalue weighted by Crippen LogP contribution is 2.25. The monoisotopic (exact) mass is 412 g/mol. The van der Waals surface area contributed by atoms with Gasteiger partial charge in [0.25, 0.3) is 0 Å². The topological polar surface area (TPSA) is 67.7 Å². The van der Waals surface area contributed by atoms with Crippen LogP contribution in [0.5, 0.6) is 0 Å². The molecular weight excluding hydrogens is 388 g/mol. The van der Waals surface area contributed by atoms with Gasteiger partial charge in [-0.3, -0.25) is 0 Å². The Morgan fingerprint density at radius 3 is 2.61 bits per heavy atom. The lowest BCUT2D eigenvalue weighted by atomic mass is 10.2. The maximum absolute atomic E-state index is 5.38. The van der Waals surface area contributed by atoms with Crippen LogP contribution in [0.25, 0.3) is 11.0 Å². The normalized spacial score (nSPS) is 13.7. The first-order valence-corrected chi connectivity index (χ1v) is 10.9. The zero-order valence-electron chi connectivity index (χ0n) is 16.3. The second-order valence-electron chi connectivity index (χ2n) is 7.07. The molecule has 28 heavy (non-hydrogen) atoms. The molecule has 1 aliphatic rings. The van der Waals surface area contributed by atoms with E-state index in [1.54, 1.807) is 11.8 Å². The second-order valence-corrected chi connectivity index (χ2v) is 8.42. The van der Waals surface area contributed by atoms with Crippen molar-refractivity contribution in [2.45, 2.75) is 57.1 Å². The van der Waals surface area contributed by atoms with Gasteiger partial charge in [-0.05, 0) is 70.1 Å². The third-order valence-corrected chi connectivity index (χ3v) is 5.67. The third-order valence-electron chi connectivity index (χ3n) is 4.61. The first kappa shape index (κ1) is 19.1. The van der Waals surface area contributed by atoms with Gasteiger partial charge in [0.2, 0.25) is 0 Å². The molecule has 2 heterocycles. The van der Waals surface area contributed by atoms with Crippen LogP contribution in [0.3, 0.4) is 0 Å². The van der Waals surface area contributed by atoms with E-state index in [4.69, 9.17) is 17.2 Å². The van der Waals surface area contributed by atoms with Gasteiger partial charge in [0.1, 0.15) is 5.82 Å². The van der Waals surface area contributed by atoms with E-state index in [-0.39, 0.29) is 0 Å². The van der Waals surface area contributed by atoms with Crippen molar-refractivity contribution in [3.8, 4) is 0 Å². The Kier molecular flexibility index (Phi) is 5.50. The predicted octanol–water partition coefficient (Wildman–Crippen LogP) is 4.20. The van der Waals surface area contributed by atoms with Crippen LogP contribution in [-0.4, -0.2) is 30.7 Å². The van der Waals surface area contributed by atoms with Crippen LogP contribution >= 0.6 is 24.0 Å². The fourth-order valence-electron chi connectivity index (χ4n) is 3.19. The second kappa shape index (κ2) is 8.05. The van der Waals surface area contributed by atoms with E-state index in [0.717, 1.165) is 51.4 Å². The molecule has 1 aromatic carbocycles. The molecule has 3 aromatic rings. The Labute approximate surface area is 174 Å². The van der Waals surface area contributed by atoms with Crippen LogP contribution in [0, 0.1) is 13.8 Å². The maximum atomic E-state index is 5.38. The molecular formula is C20H24N6S2. The van der Waals surface area contributed by atoms with E-state index in [9.17, 15) is 0 Å². The van der Waals surface area contributed by atoms with E-state index in [0.29, 0.717) is 11.2 Å². The minimum Gasteiger partial charge on any atom is -0.360 e. The molecule has 0 spiro atoms. The molecule has 1 fully saturated rings. The first-order valence-electron chi connectivity index (χ1n) is 9.53. The quantitative estimate of drug-likeness (QED) is 0.357. The van der Waals surface area contributed by atoms with Crippen molar-refractivity contribution >= 4 is 45.8 Å². The van der Waals surface area contributed by atoms with Gasteiger partial charge in [-0.25, -0.2) is 15.0 Å². The van der Waals surface area contributed by atoms with Gasteiger partial charge in [0.05, 0.1) is 16.8 Å². The average molecular weight is 413 g/mol. The molecule has 0 aliphatic heterocycles. The molecule has 6 nitrogen and oxygen atoms in total. The molecule has 0 unspecified atom stereocenters. The fourth-order valence-corrected chi connectivity index (χ4v) is 4.37. The van der Waals surface area contributed by atoms with Crippen LogP contribution in [0.1, 0.15) is 37.0 Å². The third kappa shape index (κ3) is 4.44. The first-order chi connectivity index (χ1) is 13.5. The summed E-state index contributed by atoms with van der Waals surface area (Å²) >= 11 is 7.00. The Balaban J connectivity index is 1.53. The Hall–Kier alpha value is -2.19. The van der Waals surface area contributed by atoms with Gasteiger partial charge in [0.15, 0.2) is 10.3 Å². The van der Waals surface area contributed by atoms with E-state index in [2.05, 4.69) is 50.3 Å². The summed E-state index contributed by atoms with van der Waals surface area (Å²) in [5.74, 6) is 1.76. The highest BCUT2D eigenvalue weighted by Gasteiger charge is 2.21. The van der Waals surface area contributed by atoms with Crippen LogP contribution in [0.2, 0.25) is 0 Å². The van der Waals surface area contributed by atoms with Gasteiger partial charge in [-0.15, -0.1) is 0 Å². The number of aromatic nitrogens is 4. The van der Waals surface area contributed by atoms with Crippen LogP contribution in [0.15, 0.2) is 29.4 Å². The molecule has 2 aromatic heterocycles.